The molecule has 1 aliphatic rings. The molecule has 5 rings (SSSR count). The molecule has 0 aliphatic carbocycles. The van der Waals surface area contributed by atoms with Gasteiger partial charge in [0.2, 0.25) is 10.0 Å². The fourth-order valence-electron chi connectivity index (χ4n) is 5.27. The van der Waals surface area contributed by atoms with E-state index >= 15 is 0 Å². The lowest BCUT2D eigenvalue weighted by atomic mass is 9.98. The maximum atomic E-state index is 13.0. The van der Waals surface area contributed by atoms with Crippen LogP contribution in [0.2, 0.25) is 0 Å². The lowest BCUT2D eigenvalue weighted by Gasteiger charge is -2.22. The summed E-state index contributed by atoms with van der Waals surface area (Å²) in [5, 5.41) is 1.14. The van der Waals surface area contributed by atoms with Crippen molar-refractivity contribution in [2.45, 2.75) is 31.1 Å². The molecule has 36 heavy (non-hydrogen) atoms. The molecule has 0 N–H and O–H groups in total. The Bertz CT molecular complexity index is 1370. The van der Waals surface area contributed by atoms with E-state index in [-0.39, 0.29) is 11.8 Å². The molecule has 1 aliphatic heterocycles. The van der Waals surface area contributed by atoms with E-state index in [1.165, 1.54) is 16.7 Å². The first kappa shape index (κ1) is 24.8. The molecular formula is C30H35N3O2S. The van der Waals surface area contributed by atoms with E-state index in [1.54, 1.807) is 4.31 Å². The second-order valence-electron chi connectivity index (χ2n) is 10.1. The van der Waals surface area contributed by atoms with Gasteiger partial charge in [0.05, 0.1) is 11.8 Å². The lowest BCUT2D eigenvalue weighted by Crippen LogP contribution is -2.29. The molecule has 2 heterocycles. The monoisotopic (exact) mass is 501 g/mol. The highest BCUT2D eigenvalue weighted by atomic mass is 32.2. The fourth-order valence-corrected chi connectivity index (χ4v) is 6.87. The molecular weight excluding hydrogens is 466 g/mol. The van der Waals surface area contributed by atoms with Gasteiger partial charge in [-0.2, -0.15) is 0 Å². The Balaban J connectivity index is 1.61. The van der Waals surface area contributed by atoms with Crippen LogP contribution in [0.25, 0.3) is 10.9 Å². The quantitative estimate of drug-likeness (QED) is 0.312. The van der Waals surface area contributed by atoms with Crippen LogP contribution in [0.3, 0.4) is 0 Å². The summed E-state index contributed by atoms with van der Waals surface area (Å²) in [4.78, 5) is 2.19. The summed E-state index contributed by atoms with van der Waals surface area (Å²) in [6.07, 6.45) is 5.08. The van der Waals surface area contributed by atoms with Crippen LogP contribution in [0, 0.1) is 0 Å². The van der Waals surface area contributed by atoms with Gasteiger partial charge in [-0.25, -0.2) is 12.7 Å². The van der Waals surface area contributed by atoms with E-state index in [1.807, 2.05) is 6.07 Å². The number of fused-ring (bicyclic) bond motifs is 1. The minimum absolute atomic E-state index is 0.0298. The van der Waals surface area contributed by atoms with Crippen LogP contribution in [0.4, 0.5) is 0 Å². The van der Waals surface area contributed by atoms with Crippen molar-refractivity contribution in [2.75, 3.05) is 33.7 Å². The fraction of sp³-hybridized carbons (Fsp3) is 0.333. The van der Waals surface area contributed by atoms with Gasteiger partial charge in [-0.3, -0.25) is 0 Å². The molecule has 0 unspecified atom stereocenters. The van der Waals surface area contributed by atoms with Crippen molar-refractivity contribution < 1.29 is 8.42 Å². The molecule has 0 saturated carbocycles. The first-order chi connectivity index (χ1) is 17.4. The molecule has 0 spiro atoms. The molecule has 0 atom stereocenters. The van der Waals surface area contributed by atoms with Crippen molar-refractivity contribution in [1.82, 2.24) is 13.8 Å². The highest BCUT2D eigenvalue weighted by molar-refractivity contribution is 7.88. The number of rotatable bonds is 9. The summed E-state index contributed by atoms with van der Waals surface area (Å²) in [7, 11) is 0.877. The van der Waals surface area contributed by atoms with E-state index in [4.69, 9.17) is 0 Å². The smallest absolute Gasteiger partial charge is 0.218 e. The van der Waals surface area contributed by atoms with Crippen LogP contribution in [-0.2, 0) is 22.2 Å². The van der Waals surface area contributed by atoms with Gasteiger partial charge >= 0.3 is 0 Å². The normalized spacial score (nSPS) is 14.9. The number of likely N-dealkylation sites (N-methyl/N-ethyl adjacent to an activating group) is 1. The van der Waals surface area contributed by atoms with Gasteiger partial charge in [-0.15, -0.1) is 0 Å². The van der Waals surface area contributed by atoms with Crippen molar-refractivity contribution in [3.8, 4) is 0 Å². The molecule has 0 radical (unpaired) electrons. The lowest BCUT2D eigenvalue weighted by molar-refractivity contribution is 0.414. The Hall–Kier alpha value is -2.93. The Kier molecular flexibility index (Phi) is 7.28. The average molecular weight is 502 g/mol. The van der Waals surface area contributed by atoms with Gasteiger partial charge in [0.15, 0.2) is 0 Å². The molecule has 5 nitrogen and oxygen atoms in total. The second kappa shape index (κ2) is 10.6. The second-order valence-corrected chi connectivity index (χ2v) is 12.0. The molecule has 0 bridgehead atoms. The van der Waals surface area contributed by atoms with E-state index in [0.29, 0.717) is 13.1 Å². The van der Waals surface area contributed by atoms with Crippen LogP contribution in [-0.4, -0.2) is 55.9 Å². The molecule has 1 saturated heterocycles. The largest absolute Gasteiger partial charge is 0.336 e. The van der Waals surface area contributed by atoms with Crippen molar-refractivity contribution >= 4 is 20.9 Å². The number of hydrogen-bond acceptors (Lipinski definition) is 3. The van der Waals surface area contributed by atoms with E-state index in [2.05, 4.69) is 103 Å². The molecule has 4 aromatic rings. The number of aromatic nitrogens is 1. The predicted octanol–water partition coefficient (Wildman–Crippen LogP) is 5.31. The van der Waals surface area contributed by atoms with Gasteiger partial charge in [-0.05, 0) is 67.7 Å². The van der Waals surface area contributed by atoms with E-state index in [0.717, 1.165) is 42.3 Å². The Labute approximate surface area is 215 Å². The minimum atomic E-state index is -3.30. The highest BCUT2D eigenvalue weighted by Crippen LogP contribution is 2.34. The first-order valence-corrected chi connectivity index (χ1v) is 14.4. The maximum absolute atomic E-state index is 13.0. The molecule has 0 amide bonds. The third-order valence-electron chi connectivity index (χ3n) is 7.12. The van der Waals surface area contributed by atoms with Crippen LogP contribution < -0.4 is 0 Å². The summed E-state index contributed by atoms with van der Waals surface area (Å²) in [5.41, 5.74) is 5.68. The molecule has 6 heteroatoms. The summed E-state index contributed by atoms with van der Waals surface area (Å²) in [5.74, 6) is 0.0576. The van der Waals surface area contributed by atoms with Crippen LogP contribution in [0.1, 0.15) is 41.1 Å². The summed E-state index contributed by atoms with van der Waals surface area (Å²) >= 11 is 0. The first-order valence-electron chi connectivity index (χ1n) is 12.8. The van der Waals surface area contributed by atoms with Crippen molar-refractivity contribution in [3.05, 3.63) is 107 Å². The van der Waals surface area contributed by atoms with Crippen molar-refractivity contribution in [2.24, 2.45) is 0 Å². The van der Waals surface area contributed by atoms with Crippen LogP contribution in [0.15, 0.2) is 85.1 Å². The third kappa shape index (κ3) is 5.26. The number of sulfonamides is 1. The van der Waals surface area contributed by atoms with E-state index < -0.39 is 10.0 Å². The average Bonchev–Trinajstić information content (AvgIpc) is 3.54. The zero-order valence-corrected chi connectivity index (χ0v) is 22.0. The zero-order valence-electron chi connectivity index (χ0n) is 21.2. The minimum Gasteiger partial charge on any atom is -0.336 e. The standard InChI is InChI=1S/C30H35N3O2S/c1-31(2)20-17-27-22-33(30(25-11-5-3-6-12-25)26-13-7-4-8-14-26)29-16-15-24(21-28(27)29)23-36(34,35)32-18-9-10-19-32/h3-8,11-16,21-22,30H,9-10,17-20,23H2,1-2H3. The van der Waals surface area contributed by atoms with Crippen LogP contribution in [0.5, 0.6) is 0 Å². The molecule has 1 aromatic heterocycles. The van der Waals surface area contributed by atoms with Gasteiger partial charge in [-0.1, -0.05) is 66.7 Å². The summed E-state index contributed by atoms with van der Waals surface area (Å²) in [6.45, 7) is 2.21. The number of benzene rings is 3. The topological polar surface area (TPSA) is 45.6 Å². The van der Waals surface area contributed by atoms with Crippen LogP contribution >= 0.6 is 0 Å². The predicted molar refractivity (Wildman–Crippen MR) is 148 cm³/mol. The SMILES string of the molecule is CN(C)CCc1cn(C(c2ccccc2)c2ccccc2)c2ccc(CS(=O)(=O)N3CCCC3)cc12. The maximum Gasteiger partial charge on any atom is 0.218 e. The zero-order chi connectivity index (χ0) is 25.1. The Morgan fingerprint density at radius 1 is 0.861 bits per heavy atom. The molecule has 188 valence electrons. The highest BCUT2D eigenvalue weighted by Gasteiger charge is 2.26. The van der Waals surface area contributed by atoms with Crippen molar-refractivity contribution in [1.29, 1.82) is 0 Å². The van der Waals surface area contributed by atoms with Gasteiger partial charge in [0.1, 0.15) is 0 Å². The van der Waals surface area contributed by atoms with Gasteiger partial charge < -0.3 is 9.47 Å². The third-order valence-corrected chi connectivity index (χ3v) is 8.97. The van der Waals surface area contributed by atoms with Crippen molar-refractivity contribution in [3.63, 3.8) is 0 Å². The van der Waals surface area contributed by atoms with E-state index in [9.17, 15) is 8.42 Å². The number of nitrogens with zero attached hydrogens (tertiary/aromatic N) is 3. The Morgan fingerprint density at radius 3 is 2.06 bits per heavy atom. The Morgan fingerprint density at radius 2 is 1.47 bits per heavy atom. The van der Waals surface area contributed by atoms with Gasteiger partial charge in [0.25, 0.3) is 0 Å². The number of hydrogen-bond donors (Lipinski definition) is 0. The molecule has 1 fully saturated rings. The molecule has 3 aromatic carbocycles. The van der Waals surface area contributed by atoms with Gasteiger partial charge in [0, 0.05) is 36.7 Å². The summed E-state index contributed by atoms with van der Waals surface area (Å²) in [6, 6.07) is 27.4. The summed E-state index contributed by atoms with van der Waals surface area (Å²) < 4.78 is 30.1.